The molecule has 5 rings (SSSR count). The summed E-state index contributed by atoms with van der Waals surface area (Å²) in [5, 5.41) is 10.5. The van der Waals surface area contributed by atoms with Crippen LogP contribution >= 0.6 is 11.3 Å². The fourth-order valence-corrected chi connectivity index (χ4v) is 4.83. The van der Waals surface area contributed by atoms with Crippen molar-refractivity contribution in [3.05, 3.63) is 52.8 Å². The summed E-state index contributed by atoms with van der Waals surface area (Å²) in [7, 11) is 0. The Morgan fingerprint density at radius 2 is 2.12 bits per heavy atom. The molecule has 1 aliphatic carbocycles. The smallest absolute Gasteiger partial charge is 0.275 e. The Balaban J connectivity index is 1.57. The first-order valence-corrected chi connectivity index (χ1v) is 9.65. The van der Waals surface area contributed by atoms with E-state index in [0.717, 1.165) is 28.8 Å². The van der Waals surface area contributed by atoms with Gasteiger partial charge in [-0.25, -0.2) is 4.98 Å². The number of aromatic nitrogens is 3. The number of thiazole rings is 1. The van der Waals surface area contributed by atoms with Gasteiger partial charge in [0.25, 0.3) is 5.91 Å². The van der Waals surface area contributed by atoms with Gasteiger partial charge < -0.3 is 0 Å². The summed E-state index contributed by atoms with van der Waals surface area (Å²) in [5.41, 5.74) is 5.18. The van der Waals surface area contributed by atoms with Crippen molar-refractivity contribution in [2.24, 2.45) is 0 Å². The Labute approximate surface area is 154 Å². The predicted octanol–water partition coefficient (Wildman–Crippen LogP) is 4.33. The molecule has 0 fully saturated rings. The minimum absolute atomic E-state index is 0.163. The summed E-state index contributed by atoms with van der Waals surface area (Å²) in [6.07, 6.45) is 2.19. The van der Waals surface area contributed by atoms with E-state index < -0.39 is 0 Å². The summed E-state index contributed by atoms with van der Waals surface area (Å²) in [6.45, 7) is 4.53. The summed E-state index contributed by atoms with van der Waals surface area (Å²) in [4.78, 5) is 17.4. The van der Waals surface area contributed by atoms with Gasteiger partial charge in [-0.2, -0.15) is 5.10 Å². The number of nitrogens with zero attached hydrogens (tertiary/aromatic N) is 3. The standard InChI is InChI=1S/C20H18N4OS/c1-3-24-15(9-11(2)23-24)19(25)22-20-21-18-14-6-4-5-12-7-8-13(17(12)14)10-16(18)26-20/h4-6,9-10H,3,7-8H2,1-2H3,(H,21,22,25). The minimum atomic E-state index is -0.163. The van der Waals surface area contributed by atoms with E-state index in [0.29, 0.717) is 17.4 Å². The van der Waals surface area contributed by atoms with Crippen molar-refractivity contribution in [3.63, 3.8) is 0 Å². The monoisotopic (exact) mass is 362 g/mol. The zero-order valence-corrected chi connectivity index (χ0v) is 15.5. The molecule has 0 saturated carbocycles. The molecule has 6 heteroatoms. The largest absolute Gasteiger partial charge is 0.296 e. The highest BCUT2D eigenvalue weighted by Crippen LogP contribution is 2.39. The summed E-state index contributed by atoms with van der Waals surface area (Å²) < 4.78 is 2.85. The van der Waals surface area contributed by atoms with E-state index in [1.54, 1.807) is 4.68 Å². The van der Waals surface area contributed by atoms with Gasteiger partial charge in [0, 0.05) is 11.9 Å². The van der Waals surface area contributed by atoms with Gasteiger partial charge in [-0.3, -0.25) is 14.8 Å². The Kier molecular flexibility index (Phi) is 3.37. The maximum absolute atomic E-state index is 12.7. The first kappa shape index (κ1) is 15.5. The molecule has 2 aromatic heterocycles. The van der Waals surface area contributed by atoms with E-state index in [9.17, 15) is 4.79 Å². The van der Waals surface area contributed by atoms with Crippen molar-refractivity contribution in [3.8, 4) is 0 Å². The Morgan fingerprint density at radius 1 is 1.27 bits per heavy atom. The van der Waals surface area contributed by atoms with E-state index in [2.05, 4.69) is 34.7 Å². The molecule has 1 amide bonds. The molecule has 0 spiro atoms. The number of carbonyl (C=O) groups excluding carboxylic acids is 1. The van der Waals surface area contributed by atoms with Crippen molar-refractivity contribution in [2.75, 3.05) is 5.32 Å². The van der Waals surface area contributed by atoms with Crippen LogP contribution < -0.4 is 5.32 Å². The van der Waals surface area contributed by atoms with Gasteiger partial charge in [0.1, 0.15) is 5.69 Å². The predicted molar refractivity (Wildman–Crippen MR) is 105 cm³/mol. The lowest BCUT2D eigenvalue weighted by Crippen LogP contribution is -2.17. The molecule has 0 unspecified atom stereocenters. The van der Waals surface area contributed by atoms with Crippen LogP contribution in [0.4, 0.5) is 5.13 Å². The number of benzene rings is 2. The Bertz CT molecular complexity index is 1190. The average Bonchev–Trinajstić information content (AvgIpc) is 3.33. The van der Waals surface area contributed by atoms with Crippen molar-refractivity contribution in [2.45, 2.75) is 33.2 Å². The summed E-state index contributed by atoms with van der Waals surface area (Å²) in [6, 6.07) is 10.5. The molecule has 0 bridgehead atoms. The number of hydrogen-bond donors (Lipinski definition) is 1. The van der Waals surface area contributed by atoms with Crippen molar-refractivity contribution < 1.29 is 4.79 Å². The molecule has 4 aromatic rings. The van der Waals surface area contributed by atoms with Crippen LogP contribution in [0.15, 0.2) is 30.3 Å². The van der Waals surface area contributed by atoms with Gasteiger partial charge in [0.05, 0.1) is 15.9 Å². The van der Waals surface area contributed by atoms with Crippen molar-refractivity contribution >= 4 is 43.4 Å². The van der Waals surface area contributed by atoms with Crippen LogP contribution in [0, 0.1) is 6.92 Å². The van der Waals surface area contributed by atoms with Crippen LogP contribution in [0.2, 0.25) is 0 Å². The third-order valence-electron chi connectivity index (χ3n) is 5.00. The quantitative estimate of drug-likeness (QED) is 0.590. The lowest BCUT2D eigenvalue weighted by molar-refractivity contribution is 0.101. The second-order valence-corrected chi connectivity index (χ2v) is 7.71. The van der Waals surface area contributed by atoms with Crippen LogP contribution in [0.3, 0.4) is 0 Å². The molecule has 130 valence electrons. The van der Waals surface area contributed by atoms with Gasteiger partial charge in [-0.1, -0.05) is 29.5 Å². The first-order chi connectivity index (χ1) is 12.6. The van der Waals surface area contributed by atoms with E-state index in [1.807, 2.05) is 19.9 Å². The number of carbonyl (C=O) groups is 1. The molecule has 1 N–H and O–H groups in total. The summed E-state index contributed by atoms with van der Waals surface area (Å²) >= 11 is 1.54. The fourth-order valence-electron chi connectivity index (χ4n) is 3.89. The number of nitrogens with one attached hydrogen (secondary N) is 1. The van der Waals surface area contributed by atoms with E-state index in [-0.39, 0.29) is 5.91 Å². The van der Waals surface area contributed by atoms with Crippen molar-refractivity contribution in [1.82, 2.24) is 14.8 Å². The third kappa shape index (κ3) is 2.25. The van der Waals surface area contributed by atoms with Gasteiger partial charge in [0.2, 0.25) is 0 Å². The molecule has 2 heterocycles. The van der Waals surface area contributed by atoms with Crippen LogP contribution in [0.25, 0.3) is 21.0 Å². The molecule has 0 aliphatic heterocycles. The summed E-state index contributed by atoms with van der Waals surface area (Å²) in [5.74, 6) is -0.163. The number of hydrogen-bond acceptors (Lipinski definition) is 4. The molecule has 26 heavy (non-hydrogen) atoms. The zero-order valence-electron chi connectivity index (χ0n) is 14.7. The Morgan fingerprint density at radius 3 is 2.96 bits per heavy atom. The van der Waals surface area contributed by atoms with Crippen LogP contribution in [-0.2, 0) is 19.4 Å². The molecule has 0 atom stereocenters. The topological polar surface area (TPSA) is 59.8 Å². The van der Waals surface area contributed by atoms with Crippen LogP contribution in [-0.4, -0.2) is 20.7 Å². The third-order valence-corrected chi connectivity index (χ3v) is 5.92. The minimum Gasteiger partial charge on any atom is -0.296 e. The first-order valence-electron chi connectivity index (χ1n) is 8.84. The van der Waals surface area contributed by atoms with Gasteiger partial charge in [-0.15, -0.1) is 0 Å². The second-order valence-electron chi connectivity index (χ2n) is 6.68. The maximum Gasteiger partial charge on any atom is 0.275 e. The van der Waals surface area contributed by atoms with E-state index in [1.165, 1.54) is 33.2 Å². The molecule has 0 saturated heterocycles. The molecular weight excluding hydrogens is 344 g/mol. The lowest BCUT2D eigenvalue weighted by atomic mass is 10.0. The lowest BCUT2D eigenvalue weighted by Gasteiger charge is -2.03. The van der Waals surface area contributed by atoms with E-state index in [4.69, 9.17) is 4.98 Å². The van der Waals surface area contributed by atoms with Crippen LogP contribution in [0.5, 0.6) is 0 Å². The molecule has 2 aromatic carbocycles. The zero-order chi connectivity index (χ0) is 17.8. The molecule has 5 nitrogen and oxygen atoms in total. The SMILES string of the molecule is CCn1nc(C)cc1C(=O)Nc1nc2c(cc3c4c(cccc42)CC3)s1. The van der Waals surface area contributed by atoms with Crippen molar-refractivity contribution in [1.29, 1.82) is 0 Å². The highest BCUT2D eigenvalue weighted by Gasteiger charge is 2.20. The number of amides is 1. The number of anilines is 1. The maximum atomic E-state index is 12.7. The number of aryl methyl sites for hydroxylation is 4. The van der Waals surface area contributed by atoms with Gasteiger partial charge in [0.15, 0.2) is 5.13 Å². The fraction of sp³-hybridized carbons (Fsp3) is 0.250. The van der Waals surface area contributed by atoms with Gasteiger partial charge in [-0.05, 0) is 55.3 Å². The normalized spacial score (nSPS) is 13.0. The average molecular weight is 362 g/mol. The molecule has 1 aliphatic rings. The van der Waals surface area contributed by atoms with Gasteiger partial charge >= 0.3 is 0 Å². The highest BCUT2D eigenvalue weighted by molar-refractivity contribution is 7.22. The second kappa shape index (κ2) is 5.64. The number of rotatable bonds is 3. The molecule has 0 radical (unpaired) electrons. The molecular formula is C20H18N4OS. The van der Waals surface area contributed by atoms with Crippen LogP contribution in [0.1, 0.15) is 34.2 Å². The number of fused-ring (bicyclic) bond motifs is 2. The van der Waals surface area contributed by atoms with E-state index >= 15 is 0 Å². The highest BCUT2D eigenvalue weighted by atomic mass is 32.1. The Hall–Kier alpha value is -2.73.